The predicted octanol–water partition coefficient (Wildman–Crippen LogP) is 1.87. The van der Waals surface area contributed by atoms with Gasteiger partial charge in [0.15, 0.2) is 0 Å². The summed E-state index contributed by atoms with van der Waals surface area (Å²) >= 11 is 0. The van der Waals surface area contributed by atoms with E-state index in [0.29, 0.717) is 6.42 Å². The van der Waals surface area contributed by atoms with Crippen molar-refractivity contribution in [2.24, 2.45) is 5.92 Å². The van der Waals surface area contributed by atoms with Gasteiger partial charge in [0.1, 0.15) is 0 Å². The molecule has 14 heavy (non-hydrogen) atoms. The van der Waals surface area contributed by atoms with Crippen LogP contribution in [-0.4, -0.2) is 29.6 Å². The second kappa shape index (κ2) is 3.38. The molecule has 1 N–H and O–H groups in total. The Morgan fingerprint density at radius 3 is 2.21 bits per heavy atom. The molecule has 0 spiro atoms. The molecule has 0 aliphatic carbocycles. The second-order valence-corrected chi connectivity index (χ2v) is 4.14. The Bertz CT molecular complexity index is 217. The maximum absolute atomic E-state index is 12.5. The molecule has 0 saturated carbocycles. The van der Waals surface area contributed by atoms with Gasteiger partial charge >= 0.3 is 6.18 Å². The Morgan fingerprint density at radius 2 is 1.64 bits per heavy atom. The Labute approximate surface area is 80.1 Å². The number of fused-ring (bicyclic) bond motifs is 2. The molecular weight excluding hydrogens is 197 g/mol. The lowest BCUT2D eigenvalue weighted by molar-refractivity contribution is -0.203. The molecule has 2 heterocycles. The van der Waals surface area contributed by atoms with Gasteiger partial charge in [-0.1, -0.05) is 0 Å². The molecule has 0 amide bonds. The number of hydrogen-bond donors (Lipinski definition) is 1. The lowest BCUT2D eigenvalue weighted by atomic mass is 9.88. The summed E-state index contributed by atoms with van der Waals surface area (Å²) in [7, 11) is 0. The van der Waals surface area contributed by atoms with E-state index in [9.17, 15) is 18.3 Å². The highest BCUT2D eigenvalue weighted by Crippen LogP contribution is 2.41. The van der Waals surface area contributed by atoms with Crippen molar-refractivity contribution < 1.29 is 23.0 Å². The second-order valence-electron chi connectivity index (χ2n) is 4.14. The Balaban J connectivity index is 2.11. The predicted molar refractivity (Wildman–Crippen MR) is 42.7 cm³/mol. The van der Waals surface area contributed by atoms with Crippen molar-refractivity contribution in [2.45, 2.75) is 50.2 Å². The van der Waals surface area contributed by atoms with Gasteiger partial charge in [-0.05, 0) is 19.3 Å². The molecular formula is C9H13F3O2. The minimum atomic E-state index is -4.30. The minimum absolute atomic E-state index is 0.0822. The van der Waals surface area contributed by atoms with Crippen LogP contribution in [0.3, 0.4) is 0 Å². The standard InChI is InChI=1S/C9H13F3O2/c10-9(11,12)7-3-5-1-2-6(14-5)4-8(7)13/h5-8,13H,1-4H2. The van der Waals surface area contributed by atoms with Crippen LogP contribution in [0, 0.1) is 5.92 Å². The molecule has 0 aromatic rings. The summed E-state index contributed by atoms with van der Waals surface area (Å²) < 4.78 is 42.8. The Hall–Kier alpha value is -0.290. The van der Waals surface area contributed by atoms with Crippen LogP contribution in [-0.2, 0) is 4.74 Å². The Kier molecular flexibility index (Phi) is 2.47. The first-order chi connectivity index (χ1) is 6.47. The normalized spacial score (nSPS) is 43.7. The van der Waals surface area contributed by atoms with E-state index < -0.39 is 18.2 Å². The molecule has 2 fully saturated rings. The van der Waals surface area contributed by atoms with Gasteiger partial charge in [0.25, 0.3) is 0 Å². The molecule has 2 aliphatic rings. The zero-order valence-electron chi connectivity index (χ0n) is 7.63. The van der Waals surface area contributed by atoms with Gasteiger partial charge in [-0.2, -0.15) is 13.2 Å². The van der Waals surface area contributed by atoms with Gasteiger partial charge in [-0.25, -0.2) is 0 Å². The molecule has 0 radical (unpaired) electrons. The number of halogens is 3. The number of alkyl halides is 3. The third-order valence-electron chi connectivity index (χ3n) is 3.10. The molecule has 4 atom stereocenters. The molecule has 0 aromatic heterocycles. The van der Waals surface area contributed by atoms with Crippen molar-refractivity contribution >= 4 is 0 Å². The van der Waals surface area contributed by atoms with Crippen LogP contribution < -0.4 is 0 Å². The molecule has 4 unspecified atom stereocenters. The highest BCUT2D eigenvalue weighted by Gasteiger charge is 2.49. The van der Waals surface area contributed by atoms with Crippen molar-refractivity contribution in [1.82, 2.24) is 0 Å². The van der Waals surface area contributed by atoms with Crippen LogP contribution in [0.1, 0.15) is 25.7 Å². The van der Waals surface area contributed by atoms with Gasteiger partial charge in [0.05, 0.1) is 24.2 Å². The maximum atomic E-state index is 12.5. The van der Waals surface area contributed by atoms with Crippen LogP contribution in [0.15, 0.2) is 0 Å². The smallest absolute Gasteiger partial charge is 0.392 e. The van der Waals surface area contributed by atoms with Crippen molar-refractivity contribution in [3.8, 4) is 0 Å². The van der Waals surface area contributed by atoms with Crippen LogP contribution in [0.5, 0.6) is 0 Å². The number of rotatable bonds is 0. The number of ether oxygens (including phenoxy) is 1. The van der Waals surface area contributed by atoms with Crippen LogP contribution in [0.4, 0.5) is 13.2 Å². The quantitative estimate of drug-likeness (QED) is 0.661. The largest absolute Gasteiger partial charge is 0.394 e. The fourth-order valence-electron chi connectivity index (χ4n) is 2.35. The molecule has 2 saturated heterocycles. The summed E-state index contributed by atoms with van der Waals surface area (Å²) in [5.41, 5.74) is 0. The van der Waals surface area contributed by atoms with Gasteiger partial charge in [0.2, 0.25) is 0 Å². The fraction of sp³-hybridized carbons (Fsp3) is 1.00. The summed E-state index contributed by atoms with van der Waals surface area (Å²) in [5.74, 6) is -1.60. The molecule has 0 aromatic carbocycles. The first-order valence-electron chi connectivity index (χ1n) is 4.87. The SMILES string of the molecule is OC1CC2CCC(CC1C(F)(F)F)O2. The summed E-state index contributed by atoms with van der Waals surface area (Å²) in [6.45, 7) is 0. The van der Waals surface area contributed by atoms with Crippen molar-refractivity contribution in [3.05, 3.63) is 0 Å². The van der Waals surface area contributed by atoms with E-state index in [1.165, 1.54) is 0 Å². The van der Waals surface area contributed by atoms with E-state index in [1.807, 2.05) is 0 Å². The van der Waals surface area contributed by atoms with E-state index in [-0.39, 0.29) is 25.0 Å². The van der Waals surface area contributed by atoms with E-state index >= 15 is 0 Å². The van der Waals surface area contributed by atoms with Crippen LogP contribution in [0.25, 0.3) is 0 Å². The number of aliphatic hydroxyl groups excluding tert-OH is 1. The van der Waals surface area contributed by atoms with E-state index in [1.54, 1.807) is 0 Å². The zero-order valence-corrected chi connectivity index (χ0v) is 7.63. The Morgan fingerprint density at radius 1 is 1.07 bits per heavy atom. The van der Waals surface area contributed by atoms with E-state index in [0.717, 1.165) is 6.42 Å². The van der Waals surface area contributed by atoms with E-state index in [2.05, 4.69) is 0 Å². The van der Waals surface area contributed by atoms with Crippen molar-refractivity contribution in [1.29, 1.82) is 0 Å². The third kappa shape index (κ3) is 1.88. The molecule has 2 nitrogen and oxygen atoms in total. The first-order valence-corrected chi connectivity index (χ1v) is 4.87. The molecule has 82 valence electrons. The van der Waals surface area contributed by atoms with E-state index in [4.69, 9.17) is 4.74 Å². The minimum Gasteiger partial charge on any atom is -0.392 e. The van der Waals surface area contributed by atoms with Gasteiger partial charge in [0, 0.05) is 6.42 Å². The van der Waals surface area contributed by atoms with Crippen LogP contribution in [0.2, 0.25) is 0 Å². The molecule has 2 bridgehead atoms. The lowest BCUT2D eigenvalue weighted by Crippen LogP contribution is -2.36. The van der Waals surface area contributed by atoms with Gasteiger partial charge in [-0.15, -0.1) is 0 Å². The summed E-state index contributed by atoms with van der Waals surface area (Å²) in [4.78, 5) is 0. The zero-order chi connectivity index (χ0) is 10.3. The van der Waals surface area contributed by atoms with Gasteiger partial charge in [-0.3, -0.25) is 0 Å². The highest BCUT2D eigenvalue weighted by molar-refractivity contribution is 4.89. The lowest BCUT2D eigenvalue weighted by Gasteiger charge is -2.25. The number of hydrogen-bond acceptors (Lipinski definition) is 2. The van der Waals surface area contributed by atoms with Crippen LogP contribution >= 0.6 is 0 Å². The van der Waals surface area contributed by atoms with Crippen molar-refractivity contribution in [3.63, 3.8) is 0 Å². The highest BCUT2D eigenvalue weighted by atomic mass is 19.4. The molecule has 2 aliphatic heterocycles. The average Bonchev–Trinajstić information content (AvgIpc) is 2.36. The monoisotopic (exact) mass is 210 g/mol. The molecule has 2 rings (SSSR count). The topological polar surface area (TPSA) is 29.5 Å². The van der Waals surface area contributed by atoms with Gasteiger partial charge < -0.3 is 9.84 Å². The number of aliphatic hydroxyl groups is 1. The molecule has 5 heteroatoms. The van der Waals surface area contributed by atoms with Crippen molar-refractivity contribution in [2.75, 3.05) is 0 Å². The fourth-order valence-corrected chi connectivity index (χ4v) is 2.35. The third-order valence-corrected chi connectivity index (χ3v) is 3.10. The summed E-state index contributed by atoms with van der Waals surface area (Å²) in [5, 5.41) is 9.41. The summed E-state index contributed by atoms with van der Waals surface area (Å²) in [6, 6.07) is 0. The first kappa shape index (κ1) is 10.2. The summed E-state index contributed by atoms with van der Waals surface area (Å²) in [6.07, 6.45) is -4.53. The average molecular weight is 210 g/mol. The maximum Gasteiger partial charge on any atom is 0.394 e.